The third kappa shape index (κ3) is 6.56. The van der Waals surface area contributed by atoms with Gasteiger partial charge in [0.15, 0.2) is 0 Å². The molecule has 6 nitrogen and oxygen atoms in total. The number of hydrogen-bond acceptors (Lipinski definition) is 4. The number of ether oxygens (including phenoxy) is 1. The van der Waals surface area contributed by atoms with Crippen molar-refractivity contribution in [1.29, 1.82) is 0 Å². The second kappa shape index (κ2) is 9.02. The molecule has 0 unspecified atom stereocenters. The Kier molecular flexibility index (Phi) is 7.36. The fraction of sp³-hybridized carbons (Fsp3) is 0.562. The van der Waals surface area contributed by atoms with Gasteiger partial charge in [-0.05, 0) is 38.3 Å². The highest BCUT2D eigenvalue weighted by molar-refractivity contribution is 5.92. The number of alkyl carbamates (subject to hydrolysis) is 1. The molecule has 0 saturated heterocycles. The van der Waals surface area contributed by atoms with Crippen molar-refractivity contribution in [2.45, 2.75) is 40.2 Å². The lowest BCUT2D eigenvalue weighted by atomic mass is 10.0. The molecule has 2 amide bonds. The molecule has 1 heterocycles. The van der Waals surface area contributed by atoms with Crippen LogP contribution < -0.4 is 10.6 Å². The van der Waals surface area contributed by atoms with E-state index in [0.717, 1.165) is 12.1 Å². The Morgan fingerprint density at radius 2 is 2.05 bits per heavy atom. The highest BCUT2D eigenvalue weighted by atomic mass is 16.5. The zero-order valence-electron chi connectivity index (χ0n) is 13.7. The van der Waals surface area contributed by atoms with E-state index in [1.807, 2.05) is 13.0 Å². The zero-order chi connectivity index (χ0) is 16.5. The summed E-state index contributed by atoms with van der Waals surface area (Å²) in [5.41, 5.74) is 1.16. The number of nitrogens with one attached hydrogen (secondary N) is 2. The summed E-state index contributed by atoms with van der Waals surface area (Å²) in [4.78, 5) is 27.8. The van der Waals surface area contributed by atoms with Gasteiger partial charge in [-0.1, -0.05) is 19.9 Å². The summed E-state index contributed by atoms with van der Waals surface area (Å²) in [6.45, 7) is 8.36. The lowest BCUT2D eigenvalue weighted by Gasteiger charge is -2.20. The molecular weight excluding hydrogens is 282 g/mol. The van der Waals surface area contributed by atoms with E-state index >= 15 is 0 Å². The topological polar surface area (TPSA) is 80.3 Å². The van der Waals surface area contributed by atoms with Gasteiger partial charge in [0.25, 0.3) is 5.91 Å². The van der Waals surface area contributed by atoms with E-state index in [2.05, 4.69) is 29.5 Å². The second-order valence-corrected chi connectivity index (χ2v) is 5.57. The Bertz CT molecular complexity index is 503. The lowest BCUT2D eigenvalue weighted by Crippen LogP contribution is -2.44. The Hall–Kier alpha value is -2.11. The minimum Gasteiger partial charge on any atom is -0.450 e. The average Bonchev–Trinajstić information content (AvgIpc) is 2.44. The number of carbonyl (C=O) groups excluding carboxylic acids is 2. The average molecular weight is 307 g/mol. The molecule has 0 fully saturated rings. The summed E-state index contributed by atoms with van der Waals surface area (Å²) >= 11 is 0. The van der Waals surface area contributed by atoms with Crippen LogP contribution in [-0.4, -0.2) is 36.2 Å². The van der Waals surface area contributed by atoms with Crippen LogP contribution in [0, 0.1) is 12.8 Å². The number of amides is 2. The van der Waals surface area contributed by atoms with Crippen LogP contribution >= 0.6 is 0 Å². The van der Waals surface area contributed by atoms with E-state index in [4.69, 9.17) is 4.74 Å². The van der Waals surface area contributed by atoms with Gasteiger partial charge in [0.05, 0.1) is 6.61 Å². The fourth-order valence-electron chi connectivity index (χ4n) is 2.08. The maximum Gasteiger partial charge on any atom is 0.407 e. The van der Waals surface area contributed by atoms with Crippen molar-refractivity contribution in [2.75, 3.05) is 13.2 Å². The predicted molar refractivity (Wildman–Crippen MR) is 84.7 cm³/mol. The van der Waals surface area contributed by atoms with Gasteiger partial charge in [-0.2, -0.15) is 0 Å². The Morgan fingerprint density at radius 1 is 1.32 bits per heavy atom. The first-order chi connectivity index (χ1) is 10.4. The number of aryl methyl sites for hydroxylation is 1. The van der Waals surface area contributed by atoms with Crippen LogP contribution in [-0.2, 0) is 4.74 Å². The molecule has 0 radical (unpaired) electrons. The third-order valence-corrected chi connectivity index (χ3v) is 2.98. The van der Waals surface area contributed by atoms with E-state index in [1.54, 1.807) is 19.1 Å². The lowest BCUT2D eigenvalue weighted by molar-refractivity contribution is 0.0939. The first-order valence-corrected chi connectivity index (χ1v) is 7.57. The first kappa shape index (κ1) is 17.9. The maximum absolute atomic E-state index is 12.1. The Morgan fingerprint density at radius 3 is 2.64 bits per heavy atom. The summed E-state index contributed by atoms with van der Waals surface area (Å²) in [7, 11) is 0. The molecule has 1 rings (SSSR count). The maximum atomic E-state index is 12.1. The molecule has 22 heavy (non-hydrogen) atoms. The van der Waals surface area contributed by atoms with Gasteiger partial charge in [-0.15, -0.1) is 0 Å². The molecule has 122 valence electrons. The molecule has 6 heteroatoms. The van der Waals surface area contributed by atoms with E-state index in [9.17, 15) is 9.59 Å². The number of carbonyl (C=O) groups is 2. The molecule has 0 aromatic carbocycles. The van der Waals surface area contributed by atoms with Gasteiger partial charge in [0, 0.05) is 18.3 Å². The molecule has 0 aliphatic rings. The second-order valence-electron chi connectivity index (χ2n) is 5.57. The smallest absolute Gasteiger partial charge is 0.407 e. The number of aromatic nitrogens is 1. The van der Waals surface area contributed by atoms with Gasteiger partial charge in [-0.3, -0.25) is 4.79 Å². The summed E-state index contributed by atoms with van der Waals surface area (Å²) in [6.07, 6.45) is 0.288. The molecule has 1 atom stereocenters. The largest absolute Gasteiger partial charge is 0.450 e. The van der Waals surface area contributed by atoms with E-state index in [0.29, 0.717) is 24.8 Å². The molecule has 0 aliphatic carbocycles. The SMILES string of the molecule is CCOC(=O)N[C@@H](CNC(=O)c1cccc(C)n1)CC(C)C. The third-order valence-electron chi connectivity index (χ3n) is 2.98. The van der Waals surface area contributed by atoms with Crippen LogP contribution in [0.1, 0.15) is 43.4 Å². The van der Waals surface area contributed by atoms with Crippen molar-refractivity contribution in [2.24, 2.45) is 5.92 Å². The molecular formula is C16H25N3O3. The number of nitrogens with zero attached hydrogens (tertiary/aromatic N) is 1. The quantitative estimate of drug-likeness (QED) is 0.810. The van der Waals surface area contributed by atoms with Crippen molar-refractivity contribution in [3.05, 3.63) is 29.6 Å². The summed E-state index contributed by atoms with van der Waals surface area (Å²) < 4.78 is 4.89. The van der Waals surface area contributed by atoms with Crippen molar-refractivity contribution >= 4 is 12.0 Å². The van der Waals surface area contributed by atoms with E-state index in [1.165, 1.54) is 0 Å². The Balaban J connectivity index is 2.58. The highest BCUT2D eigenvalue weighted by Gasteiger charge is 2.16. The first-order valence-electron chi connectivity index (χ1n) is 7.57. The number of rotatable bonds is 7. The minimum absolute atomic E-state index is 0.173. The standard InChI is InChI=1S/C16H25N3O3/c1-5-22-16(21)19-13(9-11(2)3)10-17-15(20)14-8-6-7-12(4)18-14/h6-8,11,13H,5,9-10H2,1-4H3,(H,17,20)(H,19,21)/t13-/m1/s1. The zero-order valence-corrected chi connectivity index (χ0v) is 13.7. The molecule has 2 N–H and O–H groups in total. The molecule has 0 aliphatic heterocycles. The summed E-state index contributed by atoms with van der Waals surface area (Å²) in [6, 6.07) is 5.12. The van der Waals surface area contributed by atoms with Crippen molar-refractivity contribution in [1.82, 2.24) is 15.6 Å². The summed E-state index contributed by atoms with van der Waals surface area (Å²) in [5, 5.41) is 5.58. The molecule has 1 aromatic rings. The predicted octanol–water partition coefficient (Wildman–Crippen LogP) is 2.28. The van der Waals surface area contributed by atoms with Crippen LogP contribution in [0.5, 0.6) is 0 Å². The summed E-state index contributed by atoms with van der Waals surface area (Å²) in [5.74, 6) is 0.143. The van der Waals surface area contributed by atoms with Crippen LogP contribution in [0.3, 0.4) is 0 Å². The normalized spacial score (nSPS) is 11.9. The van der Waals surface area contributed by atoms with Crippen LogP contribution in [0.2, 0.25) is 0 Å². The minimum atomic E-state index is -0.462. The molecule has 0 saturated carbocycles. The van der Waals surface area contributed by atoms with Crippen LogP contribution in [0.25, 0.3) is 0 Å². The van der Waals surface area contributed by atoms with Crippen molar-refractivity contribution in [3.8, 4) is 0 Å². The van der Waals surface area contributed by atoms with E-state index in [-0.39, 0.29) is 11.9 Å². The van der Waals surface area contributed by atoms with Gasteiger partial charge < -0.3 is 15.4 Å². The molecule has 0 bridgehead atoms. The van der Waals surface area contributed by atoms with Crippen LogP contribution in [0.15, 0.2) is 18.2 Å². The van der Waals surface area contributed by atoms with Crippen molar-refractivity contribution < 1.29 is 14.3 Å². The van der Waals surface area contributed by atoms with Gasteiger partial charge in [0.1, 0.15) is 5.69 Å². The van der Waals surface area contributed by atoms with Crippen LogP contribution in [0.4, 0.5) is 4.79 Å². The number of pyridine rings is 1. The van der Waals surface area contributed by atoms with Gasteiger partial charge in [0.2, 0.25) is 0 Å². The monoisotopic (exact) mass is 307 g/mol. The Labute approximate surface area is 131 Å². The van der Waals surface area contributed by atoms with E-state index < -0.39 is 6.09 Å². The van der Waals surface area contributed by atoms with Gasteiger partial charge in [-0.25, -0.2) is 9.78 Å². The number of hydrogen-bond donors (Lipinski definition) is 2. The molecule has 0 spiro atoms. The highest BCUT2D eigenvalue weighted by Crippen LogP contribution is 2.05. The van der Waals surface area contributed by atoms with Gasteiger partial charge >= 0.3 is 6.09 Å². The molecule has 1 aromatic heterocycles. The van der Waals surface area contributed by atoms with Crippen molar-refractivity contribution in [3.63, 3.8) is 0 Å². The fourth-order valence-corrected chi connectivity index (χ4v) is 2.08.